The van der Waals surface area contributed by atoms with E-state index in [1.165, 1.54) is 0 Å². The number of hydrogen-bond donors (Lipinski definition) is 1. The van der Waals surface area contributed by atoms with Crippen LogP contribution in [0.2, 0.25) is 0 Å². The first kappa shape index (κ1) is 15.0. The lowest BCUT2D eigenvalue weighted by molar-refractivity contribution is -0.150. The first-order valence-electron chi connectivity index (χ1n) is 6.76. The smallest absolute Gasteiger partial charge is 0.326 e. The zero-order chi connectivity index (χ0) is 13.4. The summed E-state index contributed by atoms with van der Waals surface area (Å²) in [4.78, 5) is 24.8. The van der Waals surface area contributed by atoms with E-state index in [2.05, 4.69) is 0 Å². The molecule has 18 heavy (non-hydrogen) atoms. The molecule has 1 atom stereocenters. The second-order valence-corrected chi connectivity index (χ2v) is 4.59. The molecule has 5 nitrogen and oxygen atoms in total. The molecule has 0 aromatic carbocycles. The maximum absolute atomic E-state index is 12.0. The average molecular weight is 257 g/mol. The first-order chi connectivity index (χ1) is 8.66. The van der Waals surface area contributed by atoms with E-state index in [0.717, 1.165) is 19.3 Å². The molecule has 0 radical (unpaired) electrons. The number of hydrogen-bond acceptors (Lipinski definition) is 3. The minimum absolute atomic E-state index is 0.0518. The Bertz CT molecular complexity index is 280. The zero-order valence-corrected chi connectivity index (χ0v) is 11.1. The molecule has 1 unspecified atom stereocenters. The highest BCUT2D eigenvalue weighted by Gasteiger charge is 2.30. The van der Waals surface area contributed by atoms with Gasteiger partial charge in [-0.05, 0) is 26.2 Å². The number of nitrogens with zero attached hydrogens (tertiary/aromatic N) is 1. The summed E-state index contributed by atoms with van der Waals surface area (Å²) in [5, 5.41) is 9.17. The van der Waals surface area contributed by atoms with Gasteiger partial charge >= 0.3 is 5.97 Å². The molecule has 1 saturated heterocycles. The van der Waals surface area contributed by atoms with Crippen LogP contribution in [0.3, 0.4) is 0 Å². The minimum Gasteiger partial charge on any atom is -0.480 e. The summed E-state index contributed by atoms with van der Waals surface area (Å²) in [6.07, 6.45) is 4.42. The number of ether oxygens (including phenoxy) is 1. The Balaban J connectivity index is 2.48. The molecular weight excluding hydrogens is 234 g/mol. The summed E-state index contributed by atoms with van der Waals surface area (Å²) in [7, 11) is 0. The quantitative estimate of drug-likeness (QED) is 0.735. The van der Waals surface area contributed by atoms with Crippen molar-refractivity contribution in [1.29, 1.82) is 0 Å². The standard InChI is InChI=1S/C13H23NO4/c1-2-18-10-6-8-12(15)14-9-5-3-4-7-11(14)13(16)17/h11H,2-10H2,1H3,(H,16,17). The van der Waals surface area contributed by atoms with Gasteiger partial charge in [-0.15, -0.1) is 0 Å². The van der Waals surface area contributed by atoms with Gasteiger partial charge in [0.05, 0.1) is 0 Å². The fourth-order valence-corrected chi connectivity index (χ4v) is 2.28. The zero-order valence-electron chi connectivity index (χ0n) is 11.1. The number of carbonyl (C=O) groups excluding carboxylic acids is 1. The second kappa shape index (κ2) is 8.08. The molecule has 1 aliphatic heterocycles. The highest BCUT2D eigenvalue weighted by atomic mass is 16.5. The van der Waals surface area contributed by atoms with Gasteiger partial charge in [-0.1, -0.05) is 12.8 Å². The molecule has 1 fully saturated rings. The summed E-state index contributed by atoms with van der Waals surface area (Å²) in [6, 6.07) is -0.632. The van der Waals surface area contributed by atoms with Gasteiger partial charge < -0.3 is 14.7 Å². The fourth-order valence-electron chi connectivity index (χ4n) is 2.28. The van der Waals surface area contributed by atoms with Crippen LogP contribution in [0.25, 0.3) is 0 Å². The lowest BCUT2D eigenvalue weighted by atomic mass is 10.1. The molecule has 0 saturated carbocycles. The van der Waals surface area contributed by atoms with Crippen molar-refractivity contribution in [3.63, 3.8) is 0 Å². The molecular formula is C13H23NO4. The minimum atomic E-state index is -0.880. The van der Waals surface area contributed by atoms with Crippen molar-refractivity contribution in [2.24, 2.45) is 0 Å². The van der Waals surface area contributed by atoms with E-state index in [9.17, 15) is 14.7 Å². The number of likely N-dealkylation sites (tertiary alicyclic amines) is 1. The van der Waals surface area contributed by atoms with E-state index in [1.807, 2.05) is 6.92 Å². The highest BCUT2D eigenvalue weighted by Crippen LogP contribution is 2.18. The SMILES string of the molecule is CCOCCCC(=O)N1CCCCCC1C(=O)O. The van der Waals surface area contributed by atoms with E-state index in [1.54, 1.807) is 4.90 Å². The van der Waals surface area contributed by atoms with Gasteiger partial charge in [0, 0.05) is 26.2 Å². The summed E-state index contributed by atoms with van der Waals surface area (Å²) in [6.45, 7) is 3.70. The molecule has 1 heterocycles. The molecule has 1 amide bonds. The van der Waals surface area contributed by atoms with Crippen LogP contribution in [0.5, 0.6) is 0 Å². The predicted octanol–water partition coefficient (Wildman–Crippen LogP) is 1.66. The number of amides is 1. The van der Waals surface area contributed by atoms with E-state index in [4.69, 9.17) is 4.74 Å². The third-order valence-corrected chi connectivity index (χ3v) is 3.24. The van der Waals surface area contributed by atoms with Gasteiger partial charge in [-0.25, -0.2) is 4.79 Å². The van der Waals surface area contributed by atoms with Crippen molar-refractivity contribution in [2.75, 3.05) is 19.8 Å². The topological polar surface area (TPSA) is 66.8 Å². The summed E-state index contributed by atoms with van der Waals surface area (Å²) in [5.41, 5.74) is 0. The lowest BCUT2D eigenvalue weighted by Crippen LogP contribution is -2.44. The number of carboxylic acid groups (broad SMARTS) is 1. The molecule has 0 bridgehead atoms. The largest absolute Gasteiger partial charge is 0.480 e. The van der Waals surface area contributed by atoms with E-state index in [0.29, 0.717) is 39.0 Å². The molecule has 0 spiro atoms. The third-order valence-electron chi connectivity index (χ3n) is 3.24. The number of rotatable bonds is 6. The molecule has 1 aliphatic rings. The number of aliphatic carboxylic acids is 1. The van der Waals surface area contributed by atoms with Gasteiger partial charge in [0.1, 0.15) is 6.04 Å². The van der Waals surface area contributed by atoms with Gasteiger partial charge in [-0.3, -0.25) is 4.79 Å². The van der Waals surface area contributed by atoms with Crippen LogP contribution in [-0.2, 0) is 14.3 Å². The van der Waals surface area contributed by atoms with Crippen LogP contribution in [0.15, 0.2) is 0 Å². The van der Waals surface area contributed by atoms with Crippen LogP contribution < -0.4 is 0 Å². The Labute approximate surface area is 108 Å². The monoisotopic (exact) mass is 257 g/mol. The summed E-state index contributed by atoms with van der Waals surface area (Å²) in [5.74, 6) is -0.931. The van der Waals surface area contributed by atoms with Crippen molar-refractivity contribution in [3.05, 3.63) is 0 Å². The Morgan fingerprint density at radius 1 is 1.33 bits per heavy atom. The van der Waals surface area contributed by atoms with Crippen LogP contribution in [0, 0.1) is 0 Å². The Morgan fingerprint density at radius 3 is 2.78 bits per heavy atom. The maximum atomic E-state index is 12.0. The maximum Gasteiger partial charge on any atom is 0.326 e. The van der Waals surface area contributed by atoms with Crippen molar-refractivity contribution < 1.29 is 19.4 Å². The first-order valence-corrected chi connectivity index (χ1v) is 6.76. The Morgan fingerprint density at radius 2 is 2.11 bits per heavy atom. The van der Waals surface area contributed by atoms with E-state index >= 15 is 0 Å². The molecule has 0 aromatic heterocycles. The Hall–Kier alpha value is -1.10. The normalized spacial score (nSPS) is 20.5. The fraction of sp³-hybridized carbons (Fsp3) is 0.846. The van der Waals surface area contributed by atoms with Crippen LogP contribution in [-0.4, -0.2) is 47.7 Å². The second-order valence-electron chi connectivity index (χ2n) is 4.59. The van der Waals surface area contributed by atoms with Crippen LogP contribution in [0.1, 0.15) is 45.4 Å². The van der Waals surface area contributed by atoms with Crippen molar-refractivity contribution in [2.45, 2.75) is 51.5 Å². The van der Waals surface area contributed by atoms with Gasteiger partial charge in [0.15, 0.2) is 0 Å². The van der Waals surface area contributed by atoms with Gasteiger partial charge in [0.2, 0.25) is 5.91 Å². The number of carbonyl (C=O) groups is 2. The van der Waals surface area contributed by atoms with E-state index < -0.39 is 12.0 Å². The Kier molecular flexibility index (Phi) is 6.72. The molecule has 0 aromatic rings. The molecule has 1 N–H and O–H groups in total. The predicted molar refractivity (Wildman–Crippen MR) is 67.3 cm³/mol. The summed E-state index contributed by atoms with van der Waals surface area (Å²) < 4.78 is 5.18. The molecule has 5 heteroatoms. The third kappa shape index (κ3) is 4.64. The average Bonchev–Trinajstić information content (AvgIpc) is 2.59. The van der Waals surface area contributed by atoms with Gasteiger partial charge in [0.25, 0.3) is 0 Å². The molecule has 0 aliphatic carbocycles. The highest BCUT2D eigenvalue weighted by molar-refractivity contribution is 5.83. The van der Waals surface area contributed by atoms with Crippen molar-refractivity contribution in [3.8, 4) is 0 Å². The van der Waals surface area contributed by atoms with Crippen LogP contribution >= 0.6 is 0 Å². The summed E-state index contributed by atoms with van der Waals surface area (Å²) >= 11 is 0. The molecule has 104 valence electrons. The van der Waals surface area contributed by atoms with Crippen molar-refractivity contribution >= 4 is 11.9 Å². The van der Waals surface area contributed by atoms with Gasteiger partial charge in [-0.2, -0.15) is 0 Å². The lowest BCUT2D eigenvalue weighted by Gasteiger charge is -2.27. The molecule has 1 rings (SSSR count). The van der Waals surface area contributed by atoms with Crippen molar-refractivity contribution in [1.82, 2.24) is 4.90 Å². The number of carboxylic acids is 1. The van der Waals surface area contributed by atoms with E-state index in [-0.39, 0.29) is 5.91 Å². The van der Waals surface area contributed by atoms with Crippen LogP contribution in [0.4, 0.5) is 0 Å².